The number of halogens is 1. The Morgan fingerprint density at radius 3 is 2.85 bits per heavy atom. The molecule has 27 heavy (non-hydrogen) atoms. The van der Waals surface area contributed by atoms with Crippen LogP contribution in [0.4, 0.5) is 0 Å². The fourth-order valence-electron chi connectivity index (χ4n) is 4.07. The van der Waals surface area contributed by atoms with Gasteiger partial charge in [0, 0.05) is 34.9 Å². The zero-order chi connectivity index (χ0) is 18.8. The molecule has 0 unspecified atom stereocenters. The average Bonchev–Trinajstić information content (AvgIpc) is 3.34. The summed E-state index contributed by atoms with van der Waals surface area (Å²) in [6.07, 6.45) is 2.64. The van der Waals surface area contributed by atoms with E-state index in [1.807, 2.05) is 30.4 Å². The first-order chi connectivity index (χ1) is 13.1. The lowest BCUT2D eigenvalue weighted by molar-refractivity contribution is -0.934. The van der Waals surface area contributed by atoms with Crippen LogP contribution in [0.25, 0.3) is 11.0 Å². The van der Waals surface area contributed by atoms with Crippen LogP contribution in [0.2, 0.25) is 5.02 Å². The van der Waals surface area contributed by atoms with Gasteiger partial charge in [0.1, 0.15) is 18.7 Å². The molecule has 1 aliphatic heterocycles. The number of hydrogen-bond donors (Lipinski definition) is 2. The second kappa shape index (κ2) is 8.15. The summed E-state index contributed by atoms with van der Waals surface area (Å²) in [7, 11) is 0. The Kier molecular flexibility index (Phi) is 5.64. The SMILES string of the molecule is Cc1cc2oc(=O)cc(C[NH2+]C[C@H](c3cccs3)[NH+]3CCCC3)c2cc1Cl. The van der Waals surface area contributed by atoms with Crippen LogP contribution in [-0.2, 0) is 6.54 Å². The second-order valence-electron chi connectivity index (χ2n) is 7.35. The molecule has 1 fully saturated rings. The first kappa shape index (κ1) is 18.7. The fraction of sp³-hybridized carbons (Fsp3) is 0.381. The predicted molar refractivity (Wildman–Crippen MR) is 110 cm³/mol. The van der Waals surface area contributed by atoms with Crippen molar-refractivity contribution in [1.82, 2.24) is 0 Å². The summed E-state index contributed by atoms with van der Waals surface area (Å²) >= 11 is 8.15. The number of rotatable bonds is 6. The monoisotopic (exact) mass is 404 g/mol. The van der Waals surface area contributed by atoms with Crippen LogP contribution in [0, 0.1) is 6.92 Å². The third-order valence-electron chi connectivity index (χ3n) is 5.50. The number of thiophene rings is 1. The van der Waals surface area contributed by atoms with E-state index in [-0.39, 0.29) is 5.63 Å². The predicted octanol–water partition coefficient (Wildman–Crippen LogP) is 2.30. The van der Waals surface area contributed by atoms with Crippen molar-refractivity contribution in [3.05, 3.63) is 67.2 Å². The highest BCUT2D eigenvalue weighted by atomic mass is 35.5. The van der Waals surface area contributed by atoms with Gasteiger partial charge in [0.25, 0.3) is 0 Å². The molecule has 3 heterocycles. The van der Waals surface area contributed by atoms with E-state index in [9.17, 15) is 4.79 Å². The van der Waals surface area contributed by atoms with Gasteiger partial charge < -0.3 is 14.6 Å². The Morgan fingerprint density at radius 1 is 1.30 bits per heavy atom. The van der Waals surface area contributed by atoms with Crippen molar-refractivity contribution in [2.75, 3.05) is 19.6 Å². The molecule has 1 saturated heterocycles. The molecular weight excluding hydrogens is 380 g/mol. The largest absolute Gasteiger partial charge is 0.423 e. The number of nitrogens with one attached hydrogen (secondary N) is 1. The third-order valence-corrected chi connectivity index (χ3v) is 6.89. The molecule has 6 heteroatoms. The first-order valence-electron chi connectivity index (χ1n) is 9.54. The summed E-state index contributed by atoms with van der Waals surface area (Å²) in [5, 5.41) is 6.12. The maximum atomic E-state index is 12.0. The molecule has 1 aromatic carbocycles. The Balaban J connectivity index is 1.54. The Labute approximate surface area is 167 Å². The number of likely N-dealkylation sites (tertiary alicyclic amines) is 1. The van der Waals surface area contributed by atoms with Crippen LogP contribution < -0.4 is 15.8 Å². The fourth-order valence-corrected chi connectivity index (χ4v) is 5.14. The summed E-state index contributed by atoms with van der Waals surface area (Å²) in [6, 6.07) is 10.3. The summed E-state index contributed by atoms with van der Waals surface area (Å²) in [4.78, 5) is 15.1. The number of nitrogens with two attached hydrogens (primary N) is 1. The molecule has 0 aliphatic carbocycles. The normalized spacial score (nSPS) is 16.2. The molecule has 1 aliphatic rings. The summed E-state index contributed by atoms with van der Waals surface area (Å²) in [5.74, 6) is 0. The van der Waals surface area contributed by atoms with E-state index in [0.717, 1.165) is 29.6 Å². The summed E-state index contributed by atoms with van der Waals surface area (Å²) in [6.45, 7) is 6.19. The Morgan fingerprint density at radius 2 is 2.11 bits per heavy atom. The van der Waals surface area contributed by atoms with Crippen LogP contribution in [0.15, 0.2) is 44.9 Å². The maximum Gasteiger partial charge on any atom is 0.336 e. The minimum Gasteiger partial charge on any atom is -0.423 e. The maximum absolute atomic E-state index is 12.0. The van der Waals surface area contributed by atoms with Gasteiger partial charge in [0.05, 0.1) is 18.0 Å². The molecule has 4 rings (SSSR count). The highest BCUT2D eigenvalue weighted by molar-refractivity contribution is 7.10. The molecule has 1 atom stereocenters. The highest BCUT2D eigenvalue weighted by Crippen LogP contribution is 2.24. The molecule has 142 valence electrons. The van der Waals surface area contributed by atoms with Gasteiger partial charge in [0.2, 0.25) is 0 Å². The highest BCUT2D eigenvalue weighted by Gasteiger charge is 2.29. The van der Waals surface area contributed by atoms with Crippen molar-refractivity contribution in [2.24, 2.45) is 0 Å². The molecule has 0 radical (unpaired) electrons. The van der Waals surface area contributed by atoms with Crippen LogP contribution in [-0.4, -0.2) is 19.6 Å². The van der Waals surface area contributed by atoms with E-state index in [1.54, 1.807) is 11.0 Å². The molecule has 0 saturated carbocycles. The standard InChI is InChI=1S/C21H23ClN2O2S/c1-14-9-19-16(11-17(14)22)15(10-21(25)26-19)12-23-13-18(20-5-4-8-27-20)24-6-2-3-7-24/h4-5,8-11,18,23H,2-3,6-7,12-13H2,1H3/p+2/t18-/m1/s1. The van der Waals surface area contributed by atoms with Crippen molar-refractivity contribution in [3.8, 4) is 0 Å². The van der Waals surface area contributed by atoms with E-state index in [4.69, 9.17) is 16.0 Å². The number of benzene rings is 1. The smallest absolute Gasteiger partial charge is 0.336 e. The van der Waals surface area contributed by atoms with Crippen LogP contribution in [0.5, 0.6) is 0 Å². The van der Waals surface area contributed by atoms with E-state index in [2.05, 4.69) is 22.8 Å². The number of quaternary nitrogens is 2. The Bertz CT molecular complexity index is 978. The van der Waals surface area contributed by atoms with Crippen molar-refractivity contribution >= 4 is 33.9 Å². The minimum atomic E-state index is -0.299. The number of hydrogen-bond acceptors (Lipinski definition) is 3. The molecule has 3 N–H and O–H groups in total. The van der Waals surface area contributed by atoms with Gasteiger partial charge in [-0.25, -0.2) is 4.79 Å². The quantitative estimate of drug-likeness (QED) is 0.619. The topological polar surface area (TPSA) is 51.3 Å². The van der Waals surface area contributed by atoms with Gasteiger partial charge in [-0.05, 0) is 36.1 Å². The summed E-state index contributed by atoms with van der Waals surface area (Å²) in [5.41, 5.74) is 2.23. The van der Waals surface area contributed by atoms with Crippen LogP contribution >= 0.6 is 22.9 Å². The van der Waals surface area contributed by atoms with Crippen molar-refractivity contribution in [3.63, 3.8) is 0 Å². The molecule has 0 bridgehead atoms. The van der Waals surface area contributed by atoms with Crippen LogP contribution in [0.1, 0.15) is 34.9 Å². The zero-order valence-electron chi connectivity index (χ0n) is 15.5. The minimum absolute atomic E-state index is 0.299. The lowest BCUT2D eigenvalue weighted by Crippen LogP contribution is -3.13. The number of aryl methyl sites for hydroxylation is 1. The first-order valence-corrected chi connectivity index (χ1v) is 10.8. The molecule has 0 amide bonds. The zero-order valence-corrected chi connectivity index (χ0v) is 17.0. The van der Waals surface area contributed by atoms with E-state index < -0.39 is 0 Å². The van der Waals surface area contributed by atoms with E-state index in [0.29, 0.717) is 16.6 Å². The molecule has 0 spiro atoms. The van der Waals surface area contributed by atoms with Gasteiger partial charge in [-0.2, -0.15) is 0 Å². The van der Waals surface area contributed by atoms with Gasteiger partial charge >= 0.3 is 5.63 Å². The van der Waals surface area contributed by atoms with Gasteiger partial charge in [-0.15, -0.1) is 11.3 Å². The second-order valence-corrected chi connectivity index (χ2v) is 8.74. The number of fused-ring (bicyclic) bond motifs is 1. The van der Waals surface area contributed by atoms with Gasteiger partial charge in [-0.3, -0.25) is 0 Å². The summed E-state index contributed by atoms with van der Waals surface area (Å²) < 4.78 is 5.38. The Hall–Kier alpha value is -1.66. The molecule has 2 aromatic heterocycles. The van der Waals surface area contributed by atoms with E-state index >= 15 is 0 Å². The van der Waals surface area contributed by atoms with E-state index in [1.165, 1.54) is 30.8 Å². The van der Waals surface area contributed by atoms with Gasteiger partial charge in [-0.1, -0.05) is 17.7 Å². The molecule has 3 aromatic rings. The van der Waals surface area contributed by atoms with Crippen molar-refractivity contribution < 1.29 is 14.6 Å². The molecular formula is C21H25ClN2O2S+2. The lowest BCUT2D eigenvalue weighted by Gasteiger charge is -2.22. The third kappa shape index (κ3) is 4.11. The average molecular weight is 405 g/mol. The van der Waals surface area contributed by atoms with Crippen LogP contribution in [0.3, 0.4) is 0 Å². The lowest BCUT2D eigenvalue weighted by atomic mass is 10.1. The van der Waals surface area contributed by atoms with Crippen molar-refractivity contribution in [1.29, 1.82) is 0 Å². The van der Waals surface area contributed by atoms with Crippen molar-refractivity contribution in [2.45, 2.75) is 32.4 Å². The van der Waals surface area contributed by atoms with Gasteiger partial charge in [0.15, 0.2) is 6.04 Å². The molecule has 4 nitrogen and oxygen atoms in total.